The van der Waals surface area contributed by atoms with Gasteiger partial charge in [0.1, 0.15) is 18.5 Å². The van der Waals surface area contributed by atoms with Crippen molar-refractivity contribution in [2.45, 2.75) is 26.0 Å². The lowest BCUT2D eigenvalue weighted by atomic mass is 10.2. The minimum Gasteiger partial charge on any atom is -0.491 e. The summed E-state index contributed by atoms with van der Waals surface area (Å²) in [5, 5.41) is 10.5. The van der Waals surface area contributed by atoms with E-state index in [0.29, 0.717) is 19.3 Å². The molecule has 21 heavy (non-hydrogen) atoms. The van der Waals surface area contributed by atoms with Crippen LogP contribution in [-0.2, 0) is 4.74 Å². The molecule has 1 unspecified atom stereocenters. The first-order valence-corrected chi connectivity index (χ1v) is 6.89. The van der Waals surface area contributed by atoms with E-state index in [-0.39, 0.29) is 11.9 Å². The smallest absolute Gasteiger partial charge is 0.305 e. The Morgan fingerprint density at radius 2 is 2.33 bits per heavy atom. The Kier molecular flexibility index (Phi) is 5.08. The molecule has 1 aliphatic heterocycles. The van der Waals surface area contributed by atoms with Gasteiger partial charge in [0.2, 0.25) is 5.82 Å². The Morgan fingerprint density at radius 3 is 2.95 bits per heavy atom. The Labute approximate surface area is 122 Å². The Bertz CT molecular complexity index is 510. The molecule has 116 valence electrons. The van der Waals surface area contributed by atoms with E-state index in [9.17, 15) is 14.5 Å². The molecule has 1 aromatic rings. The van der Waals surface area contributed by atoms with Crippen molar-refractivity contribution >= 4 is 5.69 Å². The first-order chi connectivity index (χ1) is 9.97. The van der Waals surface area contributed by atoms with Crippen LogP contribution in [0.5, 0.6) is 5.75 Å². The first-order valence-electron chi connectivity index (χ1n) is 6.89. The zero-order chi connectivity index (χ0) is 15.4. The molecular weight excluding hydrogens is 279 g/mol. The largest absolute Gasteiger partial charge is 0.491 e. The third-order valence-corrected chi connectivity index (χ3v) is 3.45. The lowest BCUT2D eigenvalue weighted by Gasteiger charge is -2.35. The van der Waals surface area contributed by atoms with Crippen molar-refractivity contribution in [1.82, 2.24) is 4.90 Å². The van der Waals surface area contributed by atoms with Crippen LogP contribution in [0.1, 0.15) is 13.8 Å². The van der Waals surface area contributed by atoms with Crippen LogP contribution >= 0.6 is 0 Å². The Morgan fingerprint density at radius 1 is 1.57 bits per heavy atom. The van der Waals surface area contributed by atoms with E-state index in [1.54, 1.807) is 0 Å². The van der Waals surface area contributed by atoms with Gasteiger partial charge in [-0.2, -0.15) is 4.39 Å². The molecule has 1 fully saturated rings. The van der Waals surface area contributed by atoms with Crippen LogP contribution in [0.15, 0.2) is 18.2 Å². The van der Waals surface area contributed by atoms with E-state index >= 15 is 0 Å². The summed E-state index contributed by atoms with van der Waals surface area (Å²) >= 11 is 0. The van der Waals surface area contributed by atoms with Crippen molar-refractivity contribution in [3.63, 3.8) is 0 Å². The third-order valence-electron chi connectivity index (χ3n) is 3.45. The van der Waals surface area contributed by atoms with E-state index in [2.05, 4.69) is 18.7 Å². The van der Waals surface area contributed by atoms with Crippen LogP contribution in [0.2, 0.25) is 0 Å². The first kappa shape index (κ1) is 15.7. The average Bonchev–Trinajstić information content (AvgIpc) is 2.45. The number of rotatable bonds is 5. The minimum atomic E-state index is -0.897. The van der Waals surface area contributed by atoms with Crippen LogP contribution in [0.25, 0.3) is 0 Å². The zero-order valence-electron chi connectivity index (χ0n) is 12.1. The van der Waals surface area contributed by atoms with Gasteiger partial charge >= 0.3 is 5.69 Å². The van der Waals surface area contributed by atoms with Crippen molar-refractivity contribution in [1.29, 1.82) is 0 Å². The van der Waals surface area contributed by atoms with E-state index in [1.165, 1.54) is 6.07 Å². The number of nitro benzene ring substituents is 1. The minimum absolute atomic E-state index is 0.0839. The predicted octanol–water partition coefficient (Wildman–Crippen LogP) is 2.22. The Balaban J connectivity index is 1.91. The van der Waals surface area contributed by atoms with E-state index < -0.39 is 16.4 Å². The molecule has 1 aromatic carbocycles. The van der Waals surface area contributed by atoms with Gasteiger partial charge in [-0.25, -0.2) is 0 Å². The second-order valence-corrected chi connectivity index (χ2v) is 5.26. The van der Waals surface area contributed by atoms with Crippen LogP contribution in [-0.4, -0.2) is 48.3 Å². The molecular formula is C14H19FN2O4. The fourth-order valence-electron chi connectivity index (χ4n) is 2.23. The molecule has 0 aromatic heterocycles. The van der Waals surface area contributed by atoms with Gasteiger partial charge in [-0.05, 0) is 19.9 Å². The van der Waals surface area contributed by atoms with Crippen LogP contribution in [0.4, 0.5) is 10.1 Å². The quantitative estimate of drug-likeness (QED) is 0.616. The van der Waals surface area contributed by atoms with Crippen molar-refractivity contribution in [2.75, 3.05) is 26.3 Å². The molecule has 0 radical (unpaired) electrons. The van der Waals surface area contributed by atoms with Crippen molar-refractivity contribution < 1.29 is 18.8 Å². The normalized spacial score (nSPS) is 19.7. The van der Waals surface area contributed by atoms with Crippen molar-refractivity contribution in [3.8, 4) is 5.75 Å². The number of nitro groups is 1. The molecule has 6 nitrogen and oxygen atoms in total. The third kappa shape index (κ3) is 4.12. The Hall–Kier alpha value is -1.73. The number of morpholine rings is 1. The molecule has 1 aliphatic rings. The van der Waals surface area contributed by atoms with Gasteiger partial charge in [-0.15, -0.1) is 0 Å². The highest BCUT2D eigenvalue weighted by Gasteiger charge is 2.23. The summed E-state index contributed by atoms with van der Waals surface area (Å²) in [5.41, 5.74) is -0.553. The maximum Gasteiger partial charge on any atom is 0.305 e. The predicted molar refractivity (Wildman–Crippen MR) is 75.0 cm³/mol. The fraction of sp³-hybridized carbons (Fsp3) is 0.571. The average molecular weight is 298 g/mol. The summed E-state index contributed by atoms with van der Waals surface area (Å²) in [5.74, 6) is -0.630. The maximum absolute atomic E-state index is 13.5. The summed E-state index contributed by atoms with van der Waals surface area (Å²) in [6.45, 7) is 6.82. The number of hydrogen-bond acceptors (Lipinski definition) is 5. The molecule has 0 amide bonds. The summed E-state index contributed by atoms with van der Waals surface area (Å²) in [6, 6.07) is 3.96. The molecule has 1 saturated heterocycles. The summed E-state index contributed by atoms with van der Waals surface area (Å²) < 4.78 is 24.6. The van der Waals surface area contributed by atoms with Gasteiger partial charge in [0.15, 0.2) is 0 Å². The van der Waals surface area contributed by atoms with Crippen LogP contribution < -0.4 is 4.74 Å². The number of nitrogens with zero attached hydrogens (tertiary/aromatic N) is 2. The molecule has 0 N–H and O–H groups in total. The highest BCUT2D eigenvalue weighted by molar-refractivity contribution is 5.37. The highest BCUT2D eigenvalue weighted by atomic mass is 19.1. The molecule has 2 rings (SSSR count). The van der Waals surface area contributed by atoms with Gasteiger partial charge < -0.3 is 9.47 Å². The van der Waals surface area contributed by atoms with Crippen molar-refractivity contribution in [3.05, 3.63) is 34.1 Å². The molecule has 0 spiro atoms. The molecule has 0 saturated carbocycles. The fourth-order valence-corrected chi connectivity index (χ4v) is 2.23. The lowest BCUT2D eigenvalue weighted by molar-refractivity contribution is -0.387. The van der Waals surface area contributed by atoms with Gasteiger partial charge in [0, 0.05) is 31.3 Å². The topological polar surface area (TPSA) is 64.8 Å². The van der Waals surface area contributed by atoms with Gasteiger partial charge in [-0.3, -0.25) is 15.0 Å². The molecule has 1 heterocycles. The van der Waals surface area contributed by atoms with Gasteiger partial charge in [0.05, 0.1) is 11.5 Å². The van der Waals surface area contributed by atoms with E-state index in [4.69, 9.17) is 9.47 Å². The lowest BCUT2D eigenvalue weighted by Crippen LogP contribution is -2.47. The second-order valence-electron chi connectivity index (χ2n) is 5.26. The van der Waals surface area contributed by atoms with Crippen molar-refractivity contribution in [2.24, 2.45) is 0 Å². The SMILES string of the molecule is CC(C)N1CCOC(COc2ccc([N+](=O)[O-])c(F)c2)C1. The summed E-state index contributed by atoms with van der Waals surface area (Å²) in [4.78, 5) is 12.1. The number of benzene rings is 1. The number of halogens is 1. The van der Waals surface area contributed by atoms with Crippen LogP contribution in [0.3, 0.4) is 0 Å². The zero-order valence-corrected chi connectivity index (χ0v) is 12.1. The highest BCUT2D eigenvalue weighted by Crippen LogP contribution is 2.22. The molecule has 0 bridgehead atoms. The number of hydrogen-bond donors (Lipinski definition) is 0. The van der Waals surface area contributed by atoms with E-state index in [1.807, 2.05) is 0 Å². The van der Waals surface area contributed by atoms with Gasteiger partial charge in [-0.1, -0.05) is 0 Å². The molecule has 1 atom stereocenters. The van der Waals surface area contributed by atoms with Crippen LogP contribution in [0, 0.1) is 15.9 Å². The molecule has 7 heteroatoms. The monoisotopic (exact) mass is 298 g/mol. The van der Waals surface area contributed by atoms with Gasteiger partial charge in [0.25, 0.3) is 0 Å². The second kappa shape index (κ2) is 6.82. The number of ether oxygens (including phenoxy) is 2. The summed E-state index contributed by atoms with van der Waals surface area (Å²) in [7, 11) is 0. The molecule has 0 aliphatic carbocycles. The maximum atomic E-state index is 13.5. The van der Waals surface area contributed by atoms with E-state index in [0.717, 1.165) is 25.2 Å². The standard InChI is InChI=1S/C14H19FN2O4/c1-10(2)16-5-6-20-12(8-16)9-21-11-3-4-14(17(18)19)13(15)7-11/h3-4,7,10,12H,5-6,8-9H2,1-2H3. The summed E-state index contributed by atoms with van der Waals surface area (Å²) in [6.07, 6.45) is -0.0839.